The molecule has 144 valence electrons. The Bertz CT molecular complexity index is 632. The highest BCUT2D eigenvalue weighted by Crippen LogP contribution is 2.28. The fourth-order valence-electron chi connectivity index (χ4n) is 3.69. The monoisotopic (exact) mass is 364 g/mol. The van der Waals surface area contributed by atoms with Crippen LogP contribution in [-0.4, -0.2) is 86.6 Å². The van der Waals surface area contributed by atoms with Gasteiger partial charge in [0.05, 0.1) is 34.0 Å². The number of hydrogen-bond acceptors (Lipinski definition) is 6. The molecule has 1 N–H and O–H groups in total. The normalized spacial score (nSPS) is 24.3. The van der Waals surface area contributed by atoms with Gasteiger partial charge in [-0.25, -0.2) is 0 Å². The predicted molar refractivity (Wildman–Crippen MR) is 96.9 cm³/mol. The summed E-state index contributed by atoms with van der Waals surface area (Å²) in [5.41, 5.74) is -0.541. The molecule has 0 aromatic heterocycles. The lowest BCUT2D eigenvalue weighted by molar-refractivity contribution is -0.0524. The summed E-state index contributed by atoms with van der Waals surface area (Å²) < 4.78 is 16.1. The molecule has 2 heterocycles. The second-order valence-corrected chi connectivity index (χ2v) is 7.06. The summed E-state index contributed by atoms with van der Waals surface area (Å²) in [7, 11) is 3.10. The molecule has 2 fully saturated rings. The maximum absolute atomic E-state index is 13.0. The maximum atomic E-state index is 13.0. The first-order valence-corrected chi connectivity index (χ1v) is 9.08. The molecule has 0 spiro atoms. The van der Waals surface area contributed by atoms with E-state index in [1.165, 1.54) is 0 Å². The van der Waals surface area contributed by atoms with Crippen LogP contribution < -0.4 is 9.47 Å². The maximum Gasteiger partial charge on any atom is 0.254 e. The minimum Gasteiger partial charge on any atom is -0.493 e. The van der Waals surface area contributed by atoms with Crippen LogP contribution >= 0.6 is 0 Å². The standard InChI is InChI=1S/C19H28N2O5/c1-24-16-6-5-15(11-17(16)25-2)18(22)21-9-10-26-14-19(23,13-21)12-20-7-3-4-8-20/h5-6,11,23H,3-4,7-10,12-14H2,1-2H3/t19-/m1/s1. The van der Waals surface area contributed by atoms with Crippen LogP contribution in [0.2, 0.25) is 0 Å². The number of carbonyl (C=O) groups excluding carboxylic acids is 1. The molecule has 2 saturated heterocycles. The third kappa shape index (κ3) is 4.28. The van der Waals surface area contributed by atoms with Crippen molar-refractivity contribution < 1.29 is 24.1 Å². The number of amides is 1. The number of aliphatic hydroxyl groups is 1. The van der Waals surface area contributed by atoms with Crippen molar-refractivity contribution in [2.45, 2.75) is 18.4 Å². The number of benzene rings is 1. The topological polar surface area (TPSA) is 71.5 Å². The highest BCUT2D eigenvalue weighted by Gasteiger charge is 2.37. The molecule has 0 aliphatic carbocycles. The Hall–Kier alpha value is -1.83. The zero-order valence-corrected chi connectivity index (χ0v) is 15.6. The number of nitrogens with zero attached hydrogens (tertiary/aromatic N) is 2. The molecule has 2 aliphatic rings. The molecular weight excluding hydrogens is 336 g/mol. The lowest BCUT2D eigenvalue weighted by Gasteiger charge is -2.34. The lowest BCUT2D eigenvalue weighted by Crippen LogP contribution is -2.53. The van der Waals surface area contributed by atoms with Crippen molar-refractivity contribution in [2.24, 2.45) is 0 Å². The molecule has 7 heteroatoms. The Kier molecular flexibility index (Phi) is 6.01. The van der Waals surface area contributed by atoms with Crippen LogP contribution in [0, 0.1) is 0 Å². The summed E-state index contributed by atoms with van der Waals surface area (Å²) in [6, 6.07) is 5.11. The second kappa shape index (κ2) is 8.24. The number of rotatable bonds is 5. The van der Waals surface area contributed by atoms with Gasteiger partial charge in [0.1, 0.15) is 5.60 Å². The van der Waals surface area contributed by atoms with Crippen molar-refractivity contribution in [3.63, 3.8) is 0 Å². The molecule has 0 radical (unpaired) electrons. The summed E-state index contributed by atoms with van der Waals surface area (Å²) in [6.07, 6.45) is 2.32. The van der Waals surface area contributed by atoms with E-state index in [1.807, 2.05) is 0 Å². The van der Waals surface area contributed by atoms with Crippen molar-refractivity contribution >= 4 is 5.91 Å². The fraction of sp³-hybridized carbons (Fsp3) is 0.632. The van der Waals surface area contributed by atoms with Crippen LogP contribution in [0.3, 0.4) is 0 Å². The van der Waals surface area contributed by atoms with E-state index in [2.05, 4.69) is 4.90 Å². The summed E-state index contributed by atoms with van der Waals surface area (Å²) in [4.78, 5) is 16.9. The van der Waals surface area contributed by atoms with Gasteiger partial charge in [0, 0.05) is 18.7 Å². The Morgan fingerprint density at radius 2 is 1.92 bits per heavy atom. The van der Waals surface area contributed by atoms with Crippen molar-refractivity contribution in [2.75, 3.05) is 60.2 Å². The zero-order chi connectivity index (χ0) is 18.6. The van der Waals surface area contributed by atoms with Crippen LogP contribution in [0.4, 0.5) is 0 Å². The van der Waals surface area contributed by atoms with Crippen molar-refractivity contribution in [1.29, 1.82) is 0 Å². The van der Waals surface area contributed by atoms with Crippen LogP contribution in [0.25, 0.3) is 0 Å². The Labute approximate surface area is 154 Å². The summed E-state index contributed by atoms with van der Waals surface area (Å²) in [5, 5.41) is 11.1. The average molecular weight is 364 g/mol. The summed E-state index contributed by atoms with van der Waals surface area (Å²) in [5.74, 6) is 0.946. The molecular formula is C19H28N2O5. The largest absolute Gasteiger partial charge is 0.493 e. The molecule has 1 aromatic rings. The van der Waals surface area contributed by atoms with Crippen LogP contribution in [0.5, 0.6) is 11.5 Å². The van der Waals surface area contributed by atoms with Gasteiger partial charge in [-0.3, -0.25) is 4.79 Å². The van der Waals surface area contributed by atoms with Gasteiger partial charge in [0.25, 0.3) is 5.91 Å². The van der Waals surface area contributed by atoms with Gasteiger partial charge in [0.15, 0.2) is 11.5 Å². The van der Waals surface area contributed by atoms with Gasteiger partial charge in [-0.2, -0.15) is 0 Å². The van der Waals surface area contributed by atoms with E-state index in [0.717, 1.165) is 25.9 Å². The molecule has 26 heavy (non-hydrogen) atoms. The smallest absolute Gasteiger partial charge is 0.254 e. The molecule has 0 bridgehead atoms. The highest BCUT2D eigenvalue weighted by molar-refractivity contribution is 5.95. The van der Waals surface area contributed by atoms with E-state index in [-0.39, 0.29) is 19.1 Å². The lowest BCUT2D eigenvalue weighted by atomic mass is 10.0. The van der Waals surface area contributed by atoms with Crippen molar-refractivity contribution in [1.82, 2.24) is 9.80 Å². The third-order valence-corrected chi connectivity index (χ3v) is 5.00. The molecule has 1 atom stereocenters. The molecule has 0 unspecified atom stereocenters. The van der Waals surface area contributed by atoms with Crippen molar-refractivity contribution in [3.8, 4) is 11.5 Å². The van der Waals surface area contributed by atoms with Gasteiger partial charge >= 0.3 is 0 Å². The van der Waals surface area contributed by atoms with Crippen LogP contribution in [0.1, 0.15) is 23.2 Å². The number of hydrogen-bond donors (Lipinski definition) is 1. The molecule has 1 aromatic carbocycles. The Balaban J connectivity index is 1.75. The van der Waals surface area contributed by atoms with E-state index in [4.69, 9.17) is 14.2 Å². The van der Waals surface area contributed by atoms with E-state index in [0.29, 0.717) is 36.8 Å². The Morgan fingerprint density at radius 1 is 1.19 bits per heavy atom. The first-order chi connectivity index (χ1) is 12.5. The molecule has 7 nitrogen and oxygen atoms in total. The molecule has 3 rings (SSSR count). The fourth-order valence-corrected chi connectivity index (χ4v) is 3.69. The molecule has 0 saturated carbocycles. The minimum absolute atomic E-state index is 0.142. The first-order valence-electron chi connectivity index (χ1n) is 9.08. The van der Waals surface area contributed by atoms with Gasteiger partial charge in [0.2, 0.25) is 0 Å². The summed E-state index contributed by atoms with van der Waals surface area (Å²) >= 11 is 0. The van der Waals surface area contributed by atoms with Gasteiger partial charge < -0.3 is 29.1 Å². The number of β-amino-alcohol motifs (C(OH)–C–C–N with tert-alkyl or cyclic N) is 1. The van der Waals surface area contributed by atoms with E-state index >= 15 is 0 Å². The number of likely N-dealkylation sites (tertiary alicyclic amines) is 1. The SMILES string of the molecule is COc1ccc(C(=O)N2CCOC[C@@](O)(CN3CCCC3)C2)cc1OC. The third-order valence-electron chi connectivity index (χ3n) is 5.00. The predicted octanol–water partition coefficient (Wildman–Crippen LogP) is 1.00. The first kappa shape index (κ1) is 18.9. The van der Waals surface area contributed by atoms with E-state index in [1.54, 1.807) is 37.3 Å². The van der Waals surface area contributed by atoms with Crippen molar-refractivity contribution in [3.05, 3.63) is 23.8 Å². The van der Waals surface area contributed by atoms with Gasteiger partial charge in [-0.15, -0.1) is 0 Å². The average Bonchev–Trinajstić information content (AvgIpc) is 3.07. The second-order valence-electron chi connectivity index (χ2n) is 7.06. The number of ether oxygens (including phenoxy) is 3. The summed E-state index contributed by atoms with van der Waals surface area (Å²) in [6.45, 7) is 3.90. The van der Waals surface area contributed by atoms with E-state index < -0.39 is 5.60 Å². The molecule has 2 aliphatic heterocycles. The zero-order valence-electron chi connectivity index (χ0n) is 15.6. The highest BCUT2D eigenvalue weighted by atomic mass is 16.5. The Morgan fingerprint density at radius 3 is 2.62 bits per heavy atom. The number of methoxy groups -OCH3 is 2. The minimum atomic E-state index is -1.05. The quantitative estimate of drug-likeness (QED) is 0.841. The van der Waals surface area contributed by atoms with Crippen LogP contribution in [-0.2, 0) is 4.74 Å². The number of carbonyl (C=O) groups is 1. The molecule has 1 amide bonds. The van der Waals surface area contributed by atoms with Crippen LogP contribution in [0.15, 0.2) is 18.2 Å². The van der Waals surface area contributed by atoms with Gasteiger partial charge in [-0.05, 0) is 44.1 Å². The van der Waals surface area contributed by atoms with Gasteiger partial charge in [-0.1, -0.05) is 0 Å². The van der Waals surface area contributed by atoms with E-state index in [9.17, 15) is 9.90 Å².